The highest BCUT2D eigenvalue weighted by molar-refractivity contribution is 5.83. The van der Waals surface area contributed by atoms with E-state index in [0.717, 1.165) is 47.8 Å². The summed E-state index contributed by atoms with van der Waals surface area (Å²) in [4.78, 5) is 16.4. The van der Waals surface area contributed by atoms with E-state index < -0.39 is 0 Å². The van der Waals surface area contributed by atoms with Crippen molar-refractivity contribution >= 4 is 17.0 Å². The molecule has 4 rings (SSSR count). The molecule has 1 aliphatic heterocycles. The Morgan fingerprint density at radius 3 is 2.68 bits per heavy atom. The number of aromatic nitrogens is 4. The van der Waals surface area contributed by atoms with Crippen LogP contribution in [0.4, 0.5) is 5.82 Å². The second-order valence-corrected chi connectivity index (χ2v) is 7.49. The summed E-state index contributed by atoms with van der Waals surface area (Å²) < 4.78 is 2.09. The minimum Gasteiger partial charge on any atom is -0.508 e. The van der Waals surface area contributed by atoms with Gasteiger partial charge in [0.2, 0.25) is 0 Å². The van der Waals surface area contributed by atoms with Gasteiger partial charge in [0.05, 0.1) is 12.4 Å². The zero-order valence-corrected chi connectivity index (χ0v) is 16.5. The fourth-order valence-corrected chi connectivity index (χ4v) is 3.49. The van der Waals surface area contributed by atoms with Crippen LogP contribution in [0.2, 0.25) is 0 Å². The molecule has 1 aromatic carbocycles. The van der Waals surface area contributed by atoms with Gasteiger partial charge in [-0.3, -0.25) is 0 Å². The highest BCUT2D eigenvalue weighted by Crippen LogP contribution is 2.30. The van der Waals surface area contributed by atoms with E-state index in [9.17, 15) is 5.11 Å². The van der Waals surface area contributed by atoms with E-state index in [1.54, 1.807) is 12.1 Å². The first kappa shape index (κ1) is 18.3. The Labute approximate surface area is 164 Å². The fourth-order valence-electron chi connectivity index (χ4n) is 3.49. The molecule has 1 unspecified atom stereocenters. The molecule has 0 spiro atoms. The maximum absolute atomic E-state index is 9.43. The summed E-state index contributed by atoms with van der Waals surface area (Å²) in [6.45, 7) is 4.98. The first-order chi connectivity index (χ1) is 13.5. The van der Waals surface area contributed by atoms with Crippen molar-refractivity contribution in [1.82, 2.24) is 24.4 Å². The standard InChI is InChI=1S/C21H26N6O/c1-14(2)27-13-23-18-20(22-11-10-15-6-8-16(28)9-7-15)24-19(25-21(18)27)17-5-4-12-26(17)3/h4,6-9,12-14,17,28H,5,10-11H2,1-3H3,(H,22,24,25). The van der Waals surface area contributed by atoms with E-state index in [4.69, 9.17) is 9.97 Å². The van der Waals surface area contributed by atoms with Crippen LogP contribution in [0.3, 0.4) is 0 Å². The number of hydrogen-bond donors (Lipinski definition) is 2. The van der Waals surface area contributed by atoms with E-state index >= 15 is 0 Å². The molecule has 7 nitrogen and oxygen atoms in total. The summed E-state index contributed by atoms with van der Waals surface area (Å²) in [5.41, 5.74) is 2.83. The van der Waals surface area contributed by atoms with E-state index in [1.807, 2.05) is 18.5 Å². The molecule has 1 aliphatic rings. The average molecular weight is 378 g/mol. The minimum atomic E-state index is 0.151. The summed E-state index contributed by atoms with van der Waals surface area (Å²) in [5, 5.41) is 12.9. The number of hydrogen-bond acceptors (Lipinski definition) is 6. The number of aromatic hydroxyl groups is 1. The number of imidazole rings is 1. The third kappa shape index (κ3) is 3.52. The summed E-state index contributed by atoms with van der Waals surface area (Å²) in [5.74, 6) is 1.88. The van der Waals surface area contributed by atoms with Gasteiger partial charge < -0.3 is 19.9 Å². The van der Waals surface area contributed by atoms with Gasteiger partial charge in [0.15, 0.2) is 17.3 Å². The topological polar surface area (TPSA) is 79.1 Å². The van der Waals surface area contributed by atoms with Crippen molar-refractivity contribution in [3.63, 3.8) is 0 Å². The molecule has 2 N–H and O–H groups in total. The van der Waals surface area contributed by atoms with Crippen molar-refractivity contribution in [3.8, 4) is 5.75 Å². The van der Waals surface area contributed by atoms with E-state index in [2.05, 4.69) is 52.9 Å². The van der Waals surface area contributed by atoms with Gasteiger partial charge in [0.25, 0.3) is 0 Å². The molecule has 28 heavy (non-hydrogen) atoms. The number of nitrogens with one attached hydrogen (secondary N) is 1. The third-order valence-corrected chi connectivity index (χ3v) is 5.13. The maximum Gasteiger partial charge on any atom is 0.166 e. The second kappa shape index (κ2) is 7.50. The van der Waals surface area contributed by atoms with Crippen molar-refractivity contribution < 1.29 is 5.11 Å². The van der Waals surface area contributed by atoms with Crippen LogP contribution in [0.25, 0.3) is 11.2 Å². The number of benzene rings is 1. The lowest BCUT2D eigenvalue weighted by molar-refractivity contribution is 0.353. The quantitative estimate of drug-likeness (QED) is 0.681. The Hall–Kier alpha value is -3.09. The van der Waals surface area contributed by atoms with Crippen LogP contribution >= 0.6 is 0 Å². The molecule has 0 bridgehead atoms. The van der Waals surface area contributed by atoms with E-state index in [1.165, 1.54) is 0 Å². The molecule has 1 atom stereocenters. The predicted octanol–water partition coefficient (Wildman–Crippen LogP) is 3.66. The largest absolute Gasteiger partial charge is 0.508 e. The van der Waals surface area contributed by atoms with Gasteiger partial charge in [-0.2, -0.15) is 0 Å². The lowest BCUT2D eigenvalue weighted by atomic mass is 10.1. The summed E-state index contributed by atoms with van der Waals surface area (Å²) >= 11 is 0. The first-order valence-electron chi connectivity index (χ1n) is 9.68. The Kier molecular flexibility index (Phi) is 4.90. The summed E-state index contributed by atoms with van der Waals surface area (Å²) in [7, 11) is 2.05. The SMILES string of the molecule is CC(C)n1cnc2c(NCCc3ccc(O)cc3)nc(C3CC=CN3C)nc21. The first-order valence-corrected chi connectivity index (χ1v) is 9.68. The fraction of sp³-hybridized carbons (Fsp3) is 0.381. The maximum atomic E-state index is 9.43. The van der Waals surface area contributed by atoms with Gasteiger partial charge in [0, 0.05) is 19.6 Å². The van der Waals surface area contributed by atoms with E-state index in [-0.39, 0.29) is 17.8 Å². The number of anilines is 1. The van der Waals surface area contributed by atoms with Crippen LogP contribution in [0, 0.1) is 0 Å². The van der Waals surface area contributed by atoms with Crippen LogP contribution in [0.1, 0.15) is 43.7 Å². The van der Waals surface area contributed by atoms with Crippen LogP contribution in [-0.2, 0) is 6.42 Å². The Morgan fingerprint density at radius 1 is 1.21 bits per heavy atom. The Bertz CT molecular complexity index is 992. The number of fused-ring (bicyclic) bond motifs is 1. The van der Waals surface area contributed by atoms with Crippen molar-refractivity contribution in [2.45, 2.75) is 38.8 Å². The molecule has 2 aromatic heterocycles. The zero-order chi connectivity index (χ0) is 19.7. The monoisotopic (exact) mass is 378 g/mol. The highest BCUT2D eigenvalue weighted by atomic mass is 16.3. The number of rotatable bonds is 6. The van der Waals surface area contributed by atoms with Gasteiger partial charge in [0.1, 0.15) is 11.3 Å². The Balaban J connectivity index is 1.62. The molecule has 3 aromatic rings. The molecular weight excluding hydrogens is 352 g/mol. The van der Waals surface area contributed by atoms with Crippen LogP contribution in [0.5, 0.6) is 5.75 Å². The molecule has 0 saturated carbocycles. The summed E-state index contributed by atoms with van der Waals surface area (Å²) in [6.07, 6.45) is 7.81. The molecule has 7 heteroatoms. The lowest BCUT2D eigenvalue weighted by Gasteiger charge is -2.20. The summed E-state index contributed by atoms with van der Waals surface area (Å²) in [6, 6.07) is 7.72. The second-order valence-electron chi connectivity index (χ2n) is 7.49. The molecule has 0 fully saturated rings. The highest BCUT2D eigenvalue weighted by Gasteiger charge is 2.24. The van der Waals surface area contributed by atoms with E-state index in [0.29, 0.717) is 0 Å². The van der Waals surface area contributed by atoms with Gasteiger partial charge >= 0.3 is 0 Å². The van der Waals surface area contributed by atoms with Crippen molar-refractivity contribution in [2.24, 2.45) is 0 Å². The minimum absolute atomic E-state index is 0.151. The molecule has 3 heterocycles. The van der Waals surface area contributed by atoms with Crippen molar-refractivity contribution in [3.05, 3.63) is 54.3 Å². The zero-order valence-electron chi connectivity index (χ0n) is 16.5. The molecule has 146 valence electrons. The lowest BCUT2D eigenvalue weighted by Crippen LogP contribution is -2.19. The predicted molar refractivity (Wildman–Crippen MR) is 110 cm³/mol. The normalized spacial score (nSPS) is 16.4. The van der Waals surface area contributed by atoms with Crippen LogP contribution < -0.4 is 5.32 Å². The van der Waals surface area contributed by atoms with Gasteiger partial charge in [-0.1, -0.05) is 18.2 Å². The van der Waals surface area contributed by atoms with Gasteiger partial charge in [-0.25, -0.2) is 15.0 Å². The molecular formula is C21H26N6O. The molecule has 0 aliphatic carbocycles. The Morgan fingerprint density at radius 2 is 2.00 bits per heavy atom. The van der Waals surface area contributed by atoms with Crippen LogP contribution in [0.15, 0.2) is 42.9 Å². The molecule has 0 radical (unpaired) electrons. The average Bonchev–Trinajstić information content (AvgIpc) is 3.29. The van der Waals surface area contributed by atoms with Gasteiger partial charge in [-0.05, 0) is 50.6 Å². The van der Waals surface area contributed by atoms with Gasteiger partial charge in [-0.15, -0.1) is 0 Å². The molecule has 0 amide bonds. The number of phenols is 1. The van der Waals surface area contributed by atoms with Crippen LogP contribution in [-0.4, -0.2) is 43.1 Å². The van der Waals surface area contributed by atoms with Crippen molar-refractivity contribution in [1.29, 1.82) is 0 Å². The smallest absolute Gasteiger partial charge is 0.166 e. The van der Waals surface area contributed by atoms with Crippen molar-refractivity contribution in [2.75, 3.05) is 18.9 Å². The number of phenolic OH excluding ortho intramolecular Hbond substituents is 1. The molecule has 0 saturated heterocycles. The number of nitrogens with zero attached hydrogens (tertiary/aromatic N) is 5. The third-order valence-electron chi connectivity index (χ3n) is 5.13.